The molecule has 1 unspecified atom stereocenters. The molecule has 1 saturated carbocycles. The highest BCUT2D eigenvalue weighted by atomic mass is 16.5. The number of carbonyl (C=O) groups is 2. The first-order valence-electron chi connectivity index (χ1n) is 8.30. The molecule has 2 rings (SSSR count). The van der Waals surface area contributed by atoms with E-state index in [9.17, 15) is 14.7 Å². The number of hydrogen-bond acceptors (Lipinski definition) is 3. The molecule has 126 valence electrons. The third-order valence-corrected chi connectivity index (χ3v) is 4.69. The molecule has 5 heteroatoms. The summed E-state index contributed by atoms with van der Waals surface area (Å²) >= 11 is 0. The molecule has 0 aliphatic heterocycles. The minimum absolute atomic E-state index is 0.0143. The molecule has 23 heavy (non-hydrogen) atoms. The van der Waals surface area contributed by atoms with Crippen molar-refractivity contribution in [2.24, 2.45) is 11.8 Å². The van der Waals surface area contributed by atoms with E-state index in [1.54, 1.807) is 0 Å². The third kappa shape index (κ3) is 5.27. The van der Waals surface area contributed by atoms with Crippen molar-refractivity contribution in [3.63, 3.8) is 0 Å². The summed E-state index contributed by atoms with van der Waals surface area (Å²) in [6.07, 6.45) is 4.22. The molecule has 1 fully saturated rings. The van der Waals surface area contributed by atoms with E-state index in [-0.39, 0.29) is 12.5 Å². The van der Waals surface area contributed by atoms with E-state index in [4.69, 9.17) is 4.74 Å². The van der Waals surface area contributed by atoms with E-state index in [1.807, 2.05) is 30.3 Å². The average molecular weight is 319 g/mol. The summed E-state index contributed by atoms with van der Waals surface area (Å²) in [7, 11) is 0. The first kappa shape index (κ1) is 17.3. The van der Waals surface area contributed by atoms with Gasteiger partial charge in [-0.2, -0.15) is 0 Å². The Kier molecular flexibility index (Phi) is 6.44. The van der Waals surface area contributed by atoms with Gasteiger partial charge in [0.2, 0.25) is 0 Å². The van der Waals surface area contributed by atoms with Crippen molar-refractivity contribution in [3.8, 4) is 0 Å². The smallest absolute Gasteiger partial charge is 0.408 e. The molecule has 5 nitrogen and oxygen atoms in total. The van der Waals surface area contributed by atoms with Crippen molar-refractivity contribution in [3.05, 3.63) is 35.9 Å². The van der Waals surface area contributed by atoms with Gasteiger partial charge in [-0.1, -0.05) is 56.5 Å². The zero-order chi connectivity index (χ0) is 16.7. The maximum Gasteiger partial charge on any atom is 0.408 e. The average Bonchev–Trinajstić information content (AvgIpc) is 2.58. The molecule has 1 aromatic rings. The quantitative estimate of drug-likeness (QED) is 0.840. The van der Waals surface area contributed by atoms with Crippen LogP contribution in [0.4, 0.5) is 4.79 Å². The summed E-state index contributed by atoms with van der Waals surface area (Å²) in [5.74, 6) is -0.313. The summed E-state index contributed by atoms with van der Waals surface area (Å²) < 4.78 is 5.13. The van der Waals surface area contributed by atoms with Crippen molar-refractivity contribution in [1.82, 2.24) is 5.32 Å². The molecule has 1 aliphatic rings. The minimum Gasteiger partial charge on any atom is -0.480 e. The van der Waals surface area contributed by atoms with E-state index in [0.717, 1.165) is 37.7 Å². The van der Waals surface area contributed by atoms with Gasteiger partial charge in [0.05, 0.1) is 0 Å². The largest absolute Gasteiger partial charge is 0.480 e. The molecule has 0 heterocycles. The van der Waals surface area contributed by atoms with Crippen LogP contribution in [0.15, 0.2) is 30.3 Å². The fourth-order valence-corrected chi connectivity index (χ4v) is 3.20. The molecule has 0 spiro atoms. The van der Waals surface area contributed by atoms with Crippen LogP contribution < -0.4 is 5.32 Å². The Bertz CT molecular complexity index is 509. The van der Waals surface area contributed by atoms with Crippen molar-refractivity contribution in [2.75, 3.05) is 0 Å². The molecule has 0 radical (unpaired) electrons. The van der Waals surface area contributed by atoms with Crippen molar-refractivity contribution in [1.29, 1.82) is 0 Å². The van der Waals surface area contributed by atoms with Crippen LogP contribution in [0.5, 0.6) is 0 Å². The van der Waals surface area contributed by atoms with Crippen LogP contribution in [0.2, 0.25) is 0 Å². The van der Waals surface area contributed by atoms with Gasteiger partial charge in [0, 0.05) is 0 Å². The lowest BCUT2D eigenvalue weighted by Crippen LogP contribution is -2.47. The Labute approximate surface area is 137 Å². The number of ether oxygens (including phenoxy) is 1. The lowest BCUT2D eigenvalue weighted by Gasteiger charge is -2.31. The van der Waals surface area contributed by atoms with Gasteiger partial charge in [0.15, 0.2) is 0 Å². The molecule has 2 N–H and O–H groups in total. The van der Waals surface area contributed by atoms with Gasteiger partial charge in [-0.05, 0) is 30.2 Å². The van der Waals surface area contributed by atoms with E-state index in [0.29, 0.717) is 5.92 Å². The zero-order valence-electron chi connectivity index (χ0n) is 13.5. The van der Waals surface area contributed by atoms with Crippen molar-refractivity contribution in [2.45, 2.75) is 51.7 Å². The maximum atomic E-state index is 11.9. The van der Waals surface area contributed by atoms with E-state index < -0.39 is 18.1 Å². The second kappa shape index (κ2) is 8.56. The highest BCUT2D eigenvalue weighted by Gasteiger charge is 2.33. The summed E-state index contributed by atoms with van der Waals surface area (Å²) in [6, 6.07) is 8.46. The number of aliphatic carboxylic acids is 1. The maximum absolute atomic E-state index is 11.9. The van der Waals surface area contributed by atoms with Crippen LogP contribution in [0.25, 0.3) is 0 Å². The number of nitrogens with one attached hydrogen (secondary N) is 1. The Morgan fingerprint density at radius 1 is 1.22 bits per heavy atom. The van der Waals surface area contributed by atoms with Crippen LogP contribution in [-0.2, 0) is 16.1 Å². The van der Waals surface area contributed by atoms with Gasteiger partial charge in [0.1, 0.15) is 12.6 Å². The van der Waals surface area contributed by atoms with Crippen LogP contribution >= 0.6 is 0 Å². The number of carboxylic acid groups (broad SMARTS) is 1. The van der Waals surface area contributed by atoms with Crippen LogP contribution in [0.3, 0.4) is 0 Å². The predicted molar refractivity (Wildman–Crippen MR) is 86.9 cm³/mol. The zero-order valence-corrected chi connectivity index (χ0v) is 13.5. The predicted octanol–water partition coefficient (Wildman–Crippen LogP) is 3.58. The number of carbonyl (C=O) groups excluding carboxylic acids is 1. The fraction of sp³-hybridized carbons (Fsp3) is 0.556. The van der Waals surface area contributed by atoms with E-state index >= 15 is 0 Å². The number of hydrogen-bond donors (Lipinski definition) is 2. The summed E-state index contributed by atoms with van der Waals surface area (Å²) in [4.78, 5) is 23.4. The first-order chi connectivity index (χ1) is 11.1. The molecule has 1 aliphatic carbocycles. The number of carboxylic acids is 1. The Morgan fingerprint density at radius 2 is 1.87 bits per heavy atom. The lowest BCUT2D eigenvalue weighted by molar-refractivity contribution is -0.141. The highest BCUT2D eigenvalue weighted by molar-refractivity contribution is 5.80. The number of amides is 1. The number of alkyl carbamates (subject to hydrolysis) is 1. The summed E-state index contributed by atoms with van der Waals surface area (Å²) in [6.45, 7) is 2.31. The van der Waals surface area contributed by atoms with Crippen LogP contribution in [0, 0.1) is 11.8 Å². The Balaban J connectivity index is 1.84. The monoisotopic (exact) mass is 319 g/mol. The second-order valence-corrected chi connectivity index (χ2v) is 6.21. The van der Waals surface area contributed by atoms with Gasteiger partial charge >= 0.3 is 12.1 Å². The molecule has 1 atom stereocenters. The normalized spacial score (nSPS) is 22.1. The summed E-state index contributed by atoms with van der Waals surface area (Å²) in [5.41, 5.74) is 0.873. The van der Waals surface area contributed by atoms with Crippen molar-refractivity contribution < 1.29 is 19.4 Å². The standard InChI is InChI=1S/C18H25NO4/c1-2-13-8-10-15(11-9-13)16(17(20)21)19-18(22)23-12-14-6-4-3-5-7-14/h3-7,13,15-16H,2,8-12H2,1H3,(H,19,22)(H,20,21). The molecule has 1 amide bonds. The van der Waals surface area contributed by atoms with Gasteiger partial charge < -0.3 is 15.2 Å². The molecule has 0 saturated heterocycles. The Hall–Kier alpha value is -2.04. The molecular formula is C18H25NO4. The SMILES string of the molecule is CCC1CCC(C(NC(=O)OCc2ccccc2)C(=O)O)CC1. The summed E-state index contributed by atoms with van der Waals surface area (Å²) in [5, 5.41) is 11.9. The lowest BCUT2D eigenvalue weighted by atomic mass is 9.77. The third-order valence-electron chi connectivity index (χ3n) is 4.69. The van der Waals surface area contributed by atoms with Gasteiger partial charge in [-0.25, -0.2) is 9.59 Å². The van der Waals surface area contributed by atoms with Crippen LogP contribution in [-0.4, -0.2) is 23.2 Å². The Morgan fingerprint density at radius 3 is 2.43 bits per heavy atom. The van der Waals surface area contributed by atoms with E-state index in [2.05, 4.69) is 12.2 Å². The molecule has 0 aromatic heterocycles. The van der Waals surface area contributed by atoms with Gasteiger partial charge in [-0.3, -0.25) is 0 Å². The van der Waals surface area contributed by atoms with E-state index in [1.165, 1.54) is 0 Å². The fourth-order valence-electron chi connectivity index (χ4n) is 3.20. The number of rotatable bonds is 6. The molecule has 1 aromatic carbocycles. The van der Waals surface area contributed by atoms with Gasteiger partial charge in [-0.15, -0.1) is 0 Å². The second-order valence-electron chi connectivity index (χ2n) is 6.21. The van der Waals surface area contributed by atoms with Gasteiger partial charge in [0.25, 0.3) is 0 Å². The topological polar surface area (TPSA) is 75.6 Å². The van der Waals surface area contributed by atoms with Crippen LogP contribution in [0.1, 0.15) is 44.6 Å². The number of benzene rings is 1. The molecule has 0 bridgehead atoms. The highest BCUT2D eigenvalue weighted by Crippen LogP contribution is 2.32. The minimum atomic E-state index is -0.985. The van der Waals surface area contributed by atoms with Crippen molar-refractivity contribution >= 4 is 12.1 Å². The molecular weight excluding hydrogens is 294 g/mol. The first-order valence-corrected chi connectivity index (χ1v) is 8.30.